The van der Waals surface area contributed by atoms with E-state index in [-0.39, 0.29) is 24.8 Å². The maximum Gasteiger partial charge on any atom is 0.417 e. The SMILES string of the molecule is CC[C@H](C)[C@H]1CN(c2ncc(C(F)(F)F)cc2F)C(=O)N1CC(=O)Nc1cc(Cl)ccn1. The number of amides is 3. The van der Waals surface area contributed by atoms with E-state index in [0.29, 0.717) is 23.7 Å². The van der Waals surface area contributed by atoms with Crippen molar-refractivity contribution in [1.29, 1.82) is 0 Å². The molecule has 0 saturated carbocycles. The molecule has 1 fully saturated rings. The van der Waals surface area contributed by atoms with Crippen LogP contribution in [0.3, 0.4) is 0 Å². The number of carbonyl (C=O) groups excluding carboxylic acids is 2. The highest BCUT2D eigenvalue weighted by atomic mass is 35.5. The van der Waals surface area contributed by atoms with Crippen molar-refractivity contribution in [3.8, 4) is 0 Å². The number of carbonyl (C=O) groups is 2. The van der Waals surface area contributed by atoms with E-state index in [2.05, 4.69) is 15.3 Å². The topological polar surface area (TPSA) is 78.4 Å². The van der Waals surface area contributed by atoms with Crippen molar-refractivity contribution >= 4 is 35.2 Å². The minimum absolute atomic E-state index is 0.0220. The normalized spacial score (nSPS) is 17.6. The van der Waals surface area contributed by atoms with E-state index < -0.39 is 41.4 Å². The van der Waals surface area contributed by atoms with Crippen LogP contribution in [0.15, 0.2) is 30.6 Å². The van der Waals surface area contributed by atoms with Gasteiger partial charge in [-0.05, 0) is 24.1 Å². The number of hydrogen-bond acceptors (Lipinski definition) is 4. The molecule has 0 aromatic carbocycles. The average molecular weight is 474 g/mol. The monoisotopic (exact) mass is 473 g/mol. The van der Waals surface area contributed by atoms with Gasteiger partial charge in [0.2, 0.25) is 5.91 Å². The first-order chi connectivity index (χ1) is 15.0. The largest absolute Gasteiger partial charge is 0.417 e. The lowest BCUT2D eigenvalue weighted by molar-refractivity contribution is -0.138. The Balaban J connectivity index is 1.83. The third kappa shape index (κ3) is 5.09. The Hall–Kier alpha value is -2.95. The third-order valence-corrected chi connectivity index (χ3v) is 5.49. The number of halogens is 5. The first-order valence-corrected chi connectivity index (χ1v) is 10.1. The van der Waals surface area contributed by atoms with E-state index in [9.17, 15) is 27.2 Å². The molecule has 1 N–H and O–H groups in total. The fourth-order valence-electron chi connectivity index (χ4n) is 3.38. The summed E-state index contributed by atoms with van der Waals surface area (Å²) in [5.41, 5.74) is -1.26. The van der Waals surface area contributed by atoms with E-state index in [1.165, 1.54) is 23.2 Å². The Bertz CT molecular complexity index is 1020. The number of hydrogen-bond donors (Lipinski definition) is 1. The summed E-state index contributed by atoms with van der Waals surface area (Å²) < 4.78 is 52.9. The molecule has 12 heteroatoms. The Morgan fingerprint density at radius 2 is 2.06 bits per heavy atom. The quantitative estimate of drug-likeness (QED) is 0.623. The van der Waals surface area contributed by atoms with Crippen molar-refractivity contribution < 1.29 is 27.2 Å². The number of urea groups is 1. The smallest absolute Gasteiger partial charge is 0.310 e. The summed E-state index contributed by atoms with van der Waals surface area (Å²) >= 11 is 5.87. The standard InChI is InChI=1S/C20H20ClF4N5O2/c1-3-11(2)15-9-30(18-14(22)6-12(8-27-18)20(23,24)25)19(32)29(15)10-17(31)28-16-7-13(21)4-5-26-16/h4-8,11,15H,3,9-10H2,1-2H3,(H,26,28,31)/t11-,15+/m0/s1. The molecule has 3 amide bonds. The molecule has 0 bridgehead atoms. The maximum absolute atomic E-state index is 14.5. The number of alkyl halides is 3. The molecule has 0 spiro atoms. The average Bonchev–Trinajstić information content (AvgIpc) is 3.02. The van der Waals surface area contributed by atoms with Crippen LogP contribution in [-0.4, -0.2) is 45.9 Å². The van der Waals surface area contributed by atoms with Crippen molar-refractivity contribution in [1.82, 2.24) is 14.9 Å². The molecule has 0 unspecified atom stereocenters. The summed E-state index contributed by atoms with van der Waals surface area (Å²) in [5.74, 6) is -2.22. The van der Waals surface area contributed by atoms with Gasteiger partial charge in [0.05, 0.1) is 18.2 Å². The Morgan fingerprint density at radius 1 is 1.34 bits per heavy atom. The van der Waals surface area contributed by atoms with E-state index in [1.54, 1.807) is 0 Å². The van der Waals surface area contributed by atoms with Gasteiger partial charge < -0.3 is 10.2 Å². The van der Waals surface area contributed by atoms with Crippen LogP contribution in [0.4, 0.5) is 34.0 Å². The molecule has 1 saturated heterocycles. The number of aromatic nitrogens is 2. The molecule has 2 aromatic rings. The summed E-state index contributed by atoms with van der Waals surface area (Å²) in [5, 5.41) is 2.90. The molecule has 0 aliphatic carbocycles. The minimum atomic E-state index is -4.76. The summed E-state index contributed by atoms with van der Waals surface area (Å²) in [6.07, 6.45) is -2.23. The van der Waals surface area contributed by atoms with Gasteiger partial charge in [-0.2, -0.15) is 13.2 Å². The molecule has 3 heterocycles. The van der Waals surface area contributed by atoms with Gasteiger partial charge >= 0.3 is 12.2 Å². The van der Waals surface area contributed by atoms with Gasteiger partial charge in [-0.15, -0.1) is 0 Å². The van der Waals surface area contributed by atoms with Gasteiger partial charge in [-0.1, -0.05) is 31.9 Å². The molecule has 172 valence electrons. The van der Waals surface area contributed by atoms with E-state index in [4.69, 9.17) is 11.6 Å². The van der Waals surface area contributed by atoms with Gasteiger partial charge in [-0.3, -0.25) is 9.69 Å². The Labute approximate surface area is 186 Å². The summed E-state index contributed by atoms with van der Waals surface area (Å²) in [7, 11) is 0. The second-order valence-corrected chi connectivity index (χ2v) is 7.85. The molecular weight excluding hydrogens is 454 g/mol. The first kappa shape index (κ1) is 23.7. The van der Waals surface area contributed by atoms with Crippen molar-refractivity contribution in [2.24, 2.45) is 5.92 Å². The van der Waals surface area contributed by atoms with Gasteiger partial charge in [0.25, 0.3) is 0 Å². The highest BCUT2D eigenvalue weighted by Gasteiger charge is 2.43. The zero-order chi connectivity index (χ0) is 23.6. The Kier molecular flexibility index (Phi) is 6.87. The van der Waals surface area contributed by atoms with Gasteiger partial charge in [0.1, 0.15) is 12.4 Å². The fraction of sp³-hybridized carbons (Fsp3) is 0.400. The van der Waals surface area contributed by atoms with Gasteiger partial charge in [-0.25, -0.2) is 19.2 Å². The summed E-state index contributed by atoms with van der Waals surface area (Å²) in [6.45, 7) is 3.37. The van der Waals surface area contributed by atoms with Crippen LogP contribution >= 0.6 is 11.6 Å². The molecule has 3 rings (SSSR count). The lowest BCUT2D eigenvalue weighted by Crippen LogP contribution is -2.43. The van der Waals surface area contributed by atoms with Crippen molar-refractivity contribution in [2.75, 3.05) is 23.3 Å². The number of pyridine rings is 2. The maximum atomic E-state index is 14.5. The van der Waals surface area contributed by atoms with Crippen LogP contribution < -0.4 is 10.2 Å². The summed E-state index contributed by atoms with van der Waals surface area (Å²) in [4.78, 5) is 35.3. The minimum Gasteiger partial charge on any atom is -0.310 e. The van der Waals surface area contributed by atoms with Crippen LogP contribution in [0.5, 0.6) is 0 Å². The zero-order valence-corrected chi connectivity index (χ0v) is 17.9. The molecule has 0 radical (unpaired) electrons. The van der Waals surface area contributed by atoms with Crippen molar-refractivity contribution in [3.05, 3.63) is 47.0 Å². The highest BCUT2D eigenvalue weighted by molar-refractivity contribution is 6.30. The predicted molar refractivity (Wildman–Crippen MR) is 110 cm³/mol. The highest BCUT2D eigenvalue weighted by Crippen LogP contribution is 2.33. The molecule has 7 nitrogen and oxygen atoms in total. The molecular formula is C20H20ClF4N5O2. The van der Waals surface area contributed by atoms with Gasteiger partial charge in [0.15, 0.2) is 11.6 Å². The number of anilines is 2. The van der Waals surface area contributed by atoms with Crippen molar-refractivity contribution in [3.63, 3.8) is 0 Å². The van der Waals surface area contributed by atoms with E-state index in [0.717, 1.165) is 4.90 Å². The second kappa shape index (κ2) is 9.27. The van der Waals surface area contributed by atoms with Crippen LogP contribution in [0.25, 0.3) is 0 Å². The molecule has 1 aliphatic heterocycles. The van der Waals surface area contributed by atoms with Crippen molar-refractivity contribution in [2.45, 2.75) is 32.5 Å². The number of nitrogens with one attached hydrogen (secondary N) is 1. The fourth-order valence-corrected chi connectivity index (χ4v) is 3.54. The Morgan fingerprint density at radius 3 is 2.66 bits per heavy atom. The predicted octanol–water partition coefficient (Wildman–Crippen LogP) is 4.58. The first-order valence-electron chi connectivity index (χ1n) is 9.73. The van der Waals surface area contributed by atoms with Crippen LogP contribution in [-0.2, 0) is 11.0 Å². The van der Waals surface area contributed by atoms with E-state index >= 15 is 0 Å². The molecule has 2 atom stereocenters. The molecule has 2 aromatic heterocycles. The van der Waals surface area contributed by atoms with E-state index in [1.807, 2.05) is 13.8 Å². The molecule has 1 aliphatic rings. The lowest BCUT2D eigenvalue weighted by Gasteiger charge is -2.26. The number of nitrogens with zero attached hydrogens (tertiary/aromatic N) is 4. The number of rotatable bonds is 6. The molecule has 32 heavy (non-hydrogen) atoms. The van der Waals surface area contributed by atoms with Crippen LogP contribution in [0.2, 0.25) is 5.02 Å². The second-order valence-electron chi connectivity index (χ2n) is 7.41. The van der Waals surface area contributed by atoms with Gasteiger partial charge in [0, 0.05) is 17.4 Å². The van der Waals surface area contributed by atoms with Crippen LogP contribution in [0.1, 0.15) is 25.8 Å². The third-order valence-electron chi connectivity index (χ3n) is 5.26. The lowest BCUT2D eigenvalue weighted by atomic mass is 9.98. The zero-order valence-electron chi connectivity index (χ0n) is 17.2. The van der Waals surface area contributed by atoms with Crippen LogP contribution in [0, 0.1) is 11.7 Å². The summed E-state index contributed by atoms with van der Waals surface area (Å²) in [6, 6.07) is 2.06.